The lowest BCUT2D eigenvalue weighted by atomic mass is 10.2. The Bertz CT molecular complexity index is 1690. The highest BCUT2D eigenvalue weighted by Crippen LogP contribution is 2.24. The van der Waals surface area contributed by atoms with E-state index in [1.165, 1.54) is 4.57 Å². The third-order valence-electron chi connectivity index (χ3n) is 5.31. The van der Waals surface area contributed by atoms with Gasteiger partial charge in [0.05, 0.1) is 29.9 Å². The fourth-order valence-corrected chi connectivity index (χ4v) is 4.47. The second-order valence-corrected chi connectivity index (χ2v) is 10.1. The van der Waals surface area contributed by atoms with Crippen LogP contribution >= 0.6 is 11.6 Å². The van der Waals surface area contributed by atoms with Gasteiger partial charge in [-0.2, -0.15) is 0 Å². The van der Waals surface area contributed by atoms with Gasteiger partial charge in [-0.05, 0) is 54.6 Å². The molecule has 0 amide bonds. The van der Waals surface area contributed by atoms with Crippen LogP contribution in [0.5, 0.6) is 0 Å². The number of nitrogens with one attached hydrogen (secondary N) is 2. The van der Waals surface area contributed by atoms with E-state index < -0.39 is 10.0 Å². The number of sulfonamides is 1. The number of nitrogens with zero attached hydrogens (tertiary/aromatic N) is 4. The molecular weight excluding hydrogens is 490 g/mol. The normalized spacial score (nSPS) is 16.3. The SMILES string of the molecule is CS(=O)(=O)Nc1cccc(N2NC=c3c2n/c(=C2/C=CC(N)=NC2)n(-c2ccc(Cl)cc2)c3=O)c1. The smallest absolute Gasteiger partial charge is 0.269 e. The molecule has 178 valence electrons. The first-order valence-corrected chi connectivity index (χ1v) is 12.7. The zero-order valence-electron chi connectivity index (χ0n) is 18.4. The predicted molar refractivity (Wildman–Crippen MR) is 138 cm³/mol. The van der Waals surface area contributed by atoms with Crippen LogP contribution in [0.3, 0.4) is 0 Å². The molecule has 0 spiro atoms. The van der Waals surface area contributed by atoms with Crippen molar-refractivity contribution in [2.45, 2.75) is 0 Å². The molecular formula is C23H20ClN7O3S. The Morgan fingerprint density at radius 3 is 2.57 bits per heavy atom. The van der Waals surface area contributed by atoms with Crippen LogP contribution in [0.1, 0.15) is 0 Å². The third kappa shape index (κ3) is 4.51. The van der Waals surface area contributed by atoms with Gasteiger partial charge in [-0.25, -0.2) is 18.4 Å². The van der Waals surface area contributed by atoms with E-state index in [0.29, 0.717) is 50.0 Å². The van der Waals surface area contributed by atoms with Gasteiger partial charge in [0.1, 0.15) is 16.5 Å². The summed E-state index contributed by atoms with van der Waals surface area (Å²) in [6.07, 6.45) is 6.09. The number of amidine groups is 1. The Morgan fingerprint density at radius 1 is 1.11 bits per heavy atom. The molecule has 12 heteroatoms. The van der Waals surface area contributed by atoms with Crippen molar-refractivity contribution in [2.24, 2.45) is 10.7 Å². The highest BCUT2D eigenvalue weighted by Gasteiger charge is 2.23. The lowest BCUT2D eigenvalue weighted by molar-refractivity contribution is 0.607. The van der Waals surface area contributed by atoms with Crippen molar-refractivity contribution < 1.29 is 8.42 Å². The molecule has 0 aliphatic carbocycles. The van der Waals surface area contributed by atoms with Gasteiger partial charge in [0.25, 0.3) is 5.56 Å². The first kappa shape index (κ1) is 22.7. The maximum absolute atomic E-state index is 13.7. The zero-order valence-corrected chi connectivity index (χ0v) is 20.0. The Balaban J connectivity index is 1.72. The van der Waals surface area contributed by atoms with Crippen LogP contribution in [0.15, 0.2) is 70.5 Å². The summed E-state index contributed by atoms with van der Waals surface area (Å²) in [6, 6.07) is 13.6. The molecule has 2 aliphatic heterocycles. The van der Waals surface area contributed by atoms with Gasteiger partial charge >= 0.3 is 0 Å². The van der Waals surface area contributed by atoms with Crippen molar-refractivity contribution in [3.8, 4) is 5.69 Å². The van der Waals surface area contributed by atoms with Gasteiger partial charge in [0.2, 0.25) is 10.0 Å². The van der Waals surface area contributed by atoms with Crippen LogP contribution in [-0.4, -0.2) is 36.6 Å². The van der Waals surface area contributed by atoms with E-state index in [2.05, 4.69) is 15.1 Å². The summed E-state index contributed by atoms with van der Waals surface area (Å²) in [5.74, 6) is 0.761. The number of nitrogens with two attached hydrogens (primary N) is 1. The van der Waals surface area contributed by atoms with Crippen LogP contribution in [-0.2, 0) is 10.0 Å². The van der Waals surface area contributed by atoms with E-state index in [9.17, 15) is 13.2 Å². The maximum atomic E-state index is 13.7. The van der Waals surface area contributed by atoms with Gasteiger partial charge in [-0.15, -0.1) is 0 Å². The van der Waals surface area contributed by atoms with Gasteiger partial charge in [0, 0.05) is 16.8 Å². The Kier molecular flexibility index (Phi) is 5.58. The van der Waals surface area contributed by atoms with Crippen molar-refractivity contribution in [1.82, 2.24) is 15.0 Å². The molecule has 0 saturated carbocycles. The summed E-state index contributed by atoms with van der Waals surface area (Å²) in [5, 5.41) is 2.50. The fourth-order valence-electron chi connectivity index (χ4n) is 3.79. The molecule has 1 aromatic heterocycles. The molecule has 0 radical (unpaired) electrons. The predicted octanol–water partition coefficient (Wildman–Crippen LogP) is 0.729. The Morgan fingerprint density at radius 2 is 1.89 bits per heavy atom. The molecule has 0 bridgehead atoms. The number of hydrogen-bond acceptors (Lipinski definition) is 8. The first-order chi connectivity index (χ1) is 16.7. The highest BCUT2D eigenvalue weighted by atomic mass is 35.5. The molecule has 0 saturated heterocycles. The number of halogens is 1. The van der Waals surface area contributed by atoms with E-state index in [-0.39, 0.29) is 12.1 Å². The second kappa shape index (κ2) is 8.60. The Labute approximate surface area is 205 Å². The zero-order chi connectivity index (χ0) is 24.7. The van der Waals surface area contributed by atoms with E-state index in [4.69, 9.17) is 22.3 Å². The monoisotopic (exact) mass is 509 g/mol. The lowest BCUT2D eigenvalue weighted by Crippen LogP contribution is -2.45. The summed E-state index contributed by atoms with van der Waals surface area (Å²) >= 11 is 6.06. The van der Waals surface area contributed by atoms with Crippen LogP contribution in [0, 0.1) is 0 Å². The molecule has 0 unspecified atom stereocenters. The summed E-state index contributed by atoms with van der Waals surface area (Å²) in [7, 11) is -3.46. The number of dihydropyridines is 1. The molecule has 0 atom stereocenters. The first-order valence-electron chi connectivity index (χ1n) is 10.4. The van der Waals surface area contributed by atoms with E-state index >= 15 is 0 Å². The second-order valence-electron chi connectivity index (χ2n) is 7.92. The van der Waals surface area contributed by atoms with Gasteiger partial charge in [-0.3, -0.25) is 24.5 Å². The van der Waals surface area contributed by atoms with Crippen molar-refractivity contribution >= 4 is 56.4 Å². The molecule has 3 aromatic rings. The minimum absolute atomic E-state index is 0.256. The minimum atomic E-state index is -3.46. The topological polar surface area (TPSA) is 135 Å². The van der Waals surface area contributed by atoms with Crippen LogP contribution < -0.4 is 37.1 Å². The summed E-state index contributed by atoms with van der Waals surface area (Å²) in [5.41, 5.74) is 11.2. The molecule has 4 N–H and O–H groups in total. The number of aromatic nitrogens is 2. The van der Waals surface area contributed by atoms with Crippen molar-refractivity contribution in [1.29, 1.82) is 0 Å². The number of hydrazine groups is 1. The van der Waals surface area contributed by atoms with Crippen LogP contribution in [0.2, 0.25) is 5.02 Å². The van der Waals surface area contributed by atoms with Crippen molar-refractivity contribution in [2.75, 3.05) is 22.5 Å². The number of fused-ring (bicyclic) bond motifs is 1. The molecule has 0 fully saturated rings. The number of aliphatic imine (C=N–C) groups is 1. The molecule has 3 heterocycles. The maximum Gasteiger partial charge on any atom is 0.269 e. The molecule has 10 nitrogen and oxygen atoms in total. The quantitative estimate of drug-likeness (QED) is 0.472. The van der Waals surface area contributed by atoms with Gasteiger partial charge < -0.3 is 5.73 Å². The average Bonchev–Trinajstić information content (AvgIpc) is 3.24. The van der Waals surface area contributed by atoms with E-state index in [1.54, 1.807) is 71.9 Å². The third-order valence-corrected chi connectivity index (χ3v) is 6.17. The summed E-state index contributed by atoms with van der Waals surface area (Å²) in [6.45, 7) is 0.256. The fraction of sp³-hybridized carbons (Fsp3) is 0.0870. The Hall–Kier alpha value is -4.09. The number of rotatable bonds is 4. The molecule has 5 rings (SSSR count). The molecule has 2 aromatic carbocycles. The van der Waals surface area contributed by atoms with Gasteiger partial charge in [-0.1, -0.05) is 17.7 Å². The average molecular weight is 510 g/mol. The van der Waals surface area contributed by atoms with Gasteiger partial charge in [0.15, 0.2) is 5.82 Å². The lowest BCUT2D eigenvalue weighted by Gasteiger charge is -2.21. The number of anilines is 3. The minimum Gasteiger partial charge on any atom is -0.384 e. The molecule has 35 heavy (non-hydrogen) atoms. The van der Waals surface area contributed by atoms with Crippen LogP contribution in [0.4, 0.5) is 17.2 Å². The standard InChI is InChI=1S/C23H20ClN7O3S/c1-35(33,34)29-16-3-2-4-18(11-16)31-22-19(13-27-31)23(32)30(17-8-6-15(24)7-9-17)21(28-22)14-5-10-20(25)26-12-14/h2-11,13,27,29H,12H2,1H3,(H2,25,26)/b21-14+. The van der Waals surface area contributed by atoms with Crippen molar-refractivity contribution in [3.63, 3.8) is 0 Å². The number of benzene rings is 2. The largest absolute Gasteiger partial charge is 0.384 e. The van der Waals surface area contributed by atoms with Crippen LogP contribution in [0.25, 0.3) is 17.5 Å². The highest BCUT2D eigenvalue weighted by molar-refractivity contribution is 7.92. The van der Waals surface area contributed by atoms with Crippen molar-refractivity contribution in [3.05, 3.63) is 86.8 Å². The summed E-state index contributed by atoms with van der Waals surface area (Å²) < 4.78 is 27.3. The summed E-state index contributed by atoms with van der Waals surface area (Å²) in [4.78, 5) is 22.8. The number of hydrogen-bond donors (Lipinski definition) is 3. The van der Waals surface area contributed by atoms with E-state index in [1.807, 2.05) is 0 Å². The van der Waals surface area contributed by atoms with E-state index in [0.717, 1.165) is 6.26 Å². The molecule has 2 aliphatic rings.